The van der Waals surface area contributed by atoms with E-state index < -0.39 is 0 Å². The van der Waals surface area contributed by atoms with Gasteiger partial charge in [0.15, 0.2) is 0 Å². The summed E-state index contributed by atoms with van der Waals surface area (Å²) in [7, 11) is 0. The van der Waals surface area contributed by atoms with E-state index in [-0.39, 0.29) is 11.9 Å². The van der Waals surface area contributed by atoms with E-state index in [9.17, 15) is 4.79 Å². The molecule has 1 unspecified atom stereocenters. The lowest BCUT2D eigenvalue weighted by Gasteiger charge is -2.22. The number of benzene rings is 1. The van der Waals surface area contributed by atoms with Crippen LogP contribution < -0.4 is 11.1 Å². The van der Waals surface area contributed by atoms with Crippen molar-refractivity contribution in [3.8, 4) is 5.69 Å². The Balaban J connectivity index is 1.68. The van der Waals surface area contributed by atoms with Crippen LogP contribution in [0, 0.1) is 5.92 Å². The molecule has 0 saturated heterocycles. The number of para-hydroxylation sites is 1. The van der Waals surface area contributed by atoms with E-state index in [0.29, 0.717) is 18.0 Å². The summed E-state index contributed by atoms with van der Waals surface area (Å²) in [5, 5.41) is 7.34. The molecule has 1 aromatic heterocycles. The molecule has 1 heterocycles. The average molecular weight is 298 g/mol. The number of nitrogens with one attached hydrogen (secondary N) is 1. The van der Waals surface area contributed by atoms with Gasteiger partial charge in [-0.05, 0) is 30.9 Å². The van der Waals surface area contributed by atoms with E-state index in [2.05, 4.69) is 10.4 Å². The lowest BCUT2D eigenvalue weighted by Crippen LogP contribution is -2.44. The molecule has 0 bridgehead atoms. The van der Waals surface area contributed by atoms with Gasteiger partial charge in [-0.3, -0.25) is 4.79 Å². The van der Waals surface area contributed by atoms with E-state index in [1.807, 2.05) is 30.3 Å². The minimum absolute atomic E-state index is 0.0649. The zero-order valence-electron chi connectivity index (χ0n) is 12.6. The fraction of sp³-hybridized carbons (Fsp3) is 0.412. The predicted octanol–water partition coefficient (Wildman–Crippen LogP) is 2.12. The molecule has 5 heteroatoms. The Bertz CT molecular complexity index is 617. The Morgan fingerprint density at radius 1 is 1.32 bits per heavy atom. The number of carbonyl (C=O) groups is 1. The molecule has 1 amide bonds. The van der Waals surface area contributed by atoms with Gasteiger partial charge in [0.05, 0.1) is 17.4 Å². The summed E-state index contributed by atoms with van der Waals surface area (Å²) in [5.74, 6) is 0.419. The van der Waals surface area contributed by atoms with Crippen molar-refractivity contribution in [3.05, 3.63) is 48.3 Å². The van der Waals surface area contributed by atoms with Gasteiger partial charge in [-0.25, -0.2) is 4.68 Å². The topological polar surface area (TPSA) is 72.9 Å². The van der Waals surface area contributed by atoms with Crippen molar-refractivity contribution >= 4 is 5.91 Å². The highest BCUT2D eigenvalue weighted by Gasteiger charge is 2.25. The molecule has 1 aromatic carbocycles. The highest BCUT2D eigenvalue weighted by atomic mass is 16.1. The van der Waals surface area contributed by atoms with Crippen LogP contribution >= 0.6 is 0 Å². The molecule has 0 radical (unpaired) electrons. The summed E-state index contributed by atoms with van der Waals surface area (Å²) in [4.78, 5) is 12.4. The fourth-order valence-electron chi connectivity index (χ4n) is 3.14. The van der Waals surface area contributed by atoms with Crippen LogP contribution in [0.2, 0.25) is 0 Å². The van der Waals surface area contributed by atoms with Crippen molar-refractivity contribution in [1.82, 2.24) is 15.1 Å². The molecule has 1 aliphatic rings. The normalized spacial score (nSPS) is 16.6. The molecule has 3 N–H and O–H groups in total. The smallest absolute Gasteiger partial charge is 0.254 e. The van der Waals surface area contributed by atoms with E-state index >= 15 is 0 Å². The summed E-state index contributed by atoms with van der Waals surface area (Å²) in [6.07, 6.45) is 8.15. The minimum atomic E-state index is -0.0930. The van der Waals surface area contributed by atoms with E-state index in [0.717, 1.165) is 18.5 Å². The average Bonchev–Trinajstić information content (AvgIpc) is 3.24. The number of hydrogen-bond donors (Lipinski definition) is 2. The first-order valence-electron chi connectivity index (χ1n) is 7.89. The number of aromatic nitrogens is 2. The first-order valence-corrected chi connectivity index (χ1v) is 7.89. The van der Waals surface area contributed by atoms with Crippen molar-refractivity contribution in [2.24, 2.45) is 11.7 Å². The molecule has 22 heavy (non-hydrogen) atoms. The van der Waals surface area contributed by atoms with E-state index in [1.54, 1.807) is 17.1 Å². The van der Waals surface area contributed by atoms with Crippen molar-refractivity contribution < 1.29 is 4.79 Å². The molecule has 116 valence electrons. The van der Waals surface area contributed by atoms with Gasteiger partial charge in [-0.1, -0.05) is 31.0 Å². The third-order valence-corrected chi connectivity index (χ3v) is 4.40. The minimum Gasteiger partial charge on any atom is -0.348 e. The quantitative estimate of drug-likeness (QED) is 0.888. The third-order valence-electron chi connectivity index (χ3n) is 4.40. The molecule has 0 aliphatic heterocycles. The Hall–Kier alpha value is -2.14. The first-order chi connectivity index (χ1) is 10.8. The SMILES string of the molecule is NCC(NC(=O)c1cnn(-c2ccccc2)c1)C1CCCC1. The molecule has 1 atom stereocenters. The molecule has 1 fully saturated rings. The highest BCUT2D eigenvalue weighted by Crippen LogP contribution is 2.27. The molecule has 0 spiro atoms. The number of amides is 1. The summed E-state index contributed by atoms with van der Waals surface area (Å²) >= 11 is 0. The van der Waals surface area contributed by atoms with Crippen molar-refractivity contribution in [2.75, 3.05) is 6.54 Å². The van der Waals surface area contributed by atoms with Crippen molar-refractivity contribution in [3.63, 3.8) is 0 Å². The van der Waals surface area contributed by atoms with Crippen LogP contribution in [0.3, 0.4) is 0 Å². The largest absolute Gasteiger partial charge is 0.348 e. The lowest BCUT2D eigenvalue weighted by atomic mass is 9.98. The van der Waals surface area contributed by atoms with Crippen LogP contribution in [0.15, 0.2) is 42.7 Å². The summed E-state index contributed by atoms with van der Waals surface area (Å²) < 4.78 is 1.71. The maximum absolute atomic E-state index is 12.4. The summed E-state index contributed by atoms with van der Waals surface area (Å²) in [6.45, 7) is 0.489. The van der Waals surface area contributed by atoms with Crippen LogP contribution in [0.1, 0.15) is 36.0 Å². The predicted molar refractivity (Wildman–Crippen MR) is 85.8 cm³/mol. The monoisotopic (exact) mass is 298 g/mol. The number of hydrogen-bond acceptors (Lipinski definition) is 3. The van der Waals surface area contributed by atoms with Crippen molar-refractivity contribution in [2.45, 2.75) is 31.7 Å². The molecule has 2 aromatic rings. The summed E-state index contributed by atoms with van der Waals surface area (Å²) in [5.41, 5.74) is 7.35. The molecule has 1 aliphatic carbocycles. The second kappa shape index (κ2) is 6.75. The third kappa shape index (κ3) is 3.20. The van der Waals surface area contributed by atoms with Gasteiger partial charge in [0.2, 0.25) is 0 Å². The van der Waals surface area contributed by atoms with Gasteiger partial charge in [-0.15, -0.1) is 0 Å². The Labute approximate surface area is 130 Å². The maximum atomic E-state index is 12.4. The molecule has 3 rings (SSSR count). The maximum Gasteiger partial charge on any atom is 0.254 e. The molecular weight excluding hydrogens is 276 g/mol. The van der Waals surface area contributed by atoms with Crippen LogP contribution in [-0.4, -0.2) is 28.3 Å². The number of rotatable bonds is 5. The molecule has 5 nitrogen and oxygen atoms in total. The number of nitrogens with two attached hydrogens (primary N) is 1. The number of carbonyl (C=O) groups excluding carboxylic acids is 1. The van der Waals surface area contributed by atoms with Gasteiger partial charge < -0.3 is 11.1 Å². The molecule has 1 saturated carbocycles. The Kier molecular flexibility index (Phi) is 4.53. The first kappa shape index (κ1) is 14.8. The standard InChI is InChI=1S/C17H22N4O/c18-10-16(13-6-4-5-7-13)20-17(22)14-11-19-21(12-14)15-8-2-1-3-9-15/h1-3,8-9,11-13,16H,4-7,10,18H2,(H,20,22). The zero-order valence-corrected chi connectivity index (χ0v) is 12.6. The zero-order chi connectivity index (χ0) is 15.4. The fourth-order valence-corrected chi connectivity index (χ4v) is 3.14. The van der Waals surface area contributed by atoms with E-state index in [4.69, 9.17) is 5.73 Å². The van der Waals surface area contributed by atoms with Gasteiger partial charge in [0.1, 0.15) is 0 Å². The second-order valence-corrected chi connectivity index (χ2v) is 5.87. The van der Waals surface area contributed by atoms with Crippen LogP contribution in [0.4, 0.5) is 0 Å². The Morgan fingerprint density at radius 3 is 2.73 bits per heavy atom. The molecular formula is C17H22N4O. The second-order valence-electron chi connectivity index (χ2n) is 5.87. The van der Waals surface area contributed by atoms with Crippen molar-refractivity contribution in [1.29, 1.82) is 0 Å². The highest BCUT2D eigenvalue weighted by molar-refractivity contribution is 5.94. The number of nitrogens with zero attached hydrogens (tertiary/aromatic N) is 2. The van der Waals surface area contributed by atoms with Gasteiger partial charge in [0, 0.05) is 18.8 Å². The van der Waals surface area contributed by atoms with Crippen LogP contribution in [0.25, 0.3) is 5.69 Å². The van der Waals surface area contributed by atoms with Crippen LogP contribution in [-0.2, 0) is 0 Å². The lowest BCUT2D eigenvalue weighted by molar-refractivity contribution is 0.0924. The van der Waals surface area contributed by atoms with Gasteiger partial charge in [0.25, 0.3) is 5.91 Å². The van der Waals surface area contributed by atoms with Gasteiger partial charge in [-0.2, -0.15) is 5.10 Å². The Morgan fingerprint density at radius 2 is 2.05 bits per heavy atom. The van der Waals surface area contributed by atoms with Crippen LogP contribution in [0.5, 0.6) is 0 Å². The van der Waals surface area contributed by atoms with Gasteiger partial charge >= 0.3 is 0 Å². The van der Waals surface area contributed by atoms with E-state index in [1.165, 1.54) is 12.8 Å². The summed E-state index contributed by atoms with van der Waals surface area (Å²) in [6, 6.07) is 9.82.